The zero-order valence-corrected chi connectivity index (χ0v) is 12.5. The Hall–Kier alpha value is -0.370. The number of carbonyl (C=O) groups excluding carboxylic acids is 1. The summed E-state index contributed by atoms with van der Waals surface area (Å²) in [7, 11) is 0. The molecule has 0 bridgehead atoms. The van der Waals surface area contributed by atoms with Gasteiger partial charge in [0, 0.05) is 18.9 Å². The van der Waals surface area contributed by atoms with Gasteiger partial charge in [0.25, 0.3) is 0 Å². The van der Waals surface area contributed by atoms with Crippen molar-refractivity contribution in [1.82, 2.24) is 0 Å². The van der Waals surface area contributed by atoms with Gasteiger partial charge >= 0.3 is 0 Å². The number of nitrogens with two attached hydrogens (primary N) is 1. The van der Waals surface area contributed by atoms with Crippen molar-refractivity contribution >= 4 is 5.78 Å². The van der Waals surface area contributed by atoms with Gasteiger partial charge in [-0.1, -0.05) is 65.2 Å². The summed E-state index contributed by atoms with van der Waals surface area (Å²) < 4.78 is 0. The van der Waals surface area contributed by atoms with E-state index >= 15 is 0 Å². The molecule has 0 aliphatic heterocycles. The number of ketones is 1. The first kappa shape index (κ1) is 17.6. The van der Waals surface area contributed by atoms with Crippen molar-refractivity contribution in [1.29, 1.82) is 0 Å². The Morgan fingerprint density at radius 2 is 1.44 bits per heavy atom. The van der Waals surface area contributed by atoms with E-state index in [1.165, 1.54) is 44.9 Å². The Kier molecular flexibility index (Phi) is 12.8. The van der Waals surface area contributed by atoms with E-state index in [1.807, 2.05) is 0 Å². The molecule has 1 atom stereocenters. The van der Waals surface area contributed by atoms with E-state index in [9.17, 15) is 4.79 Å². The van der Waals surface area contributed by atoms with E-state index in [0.29, 0.717) is 12.3 Å². The van der Waals surface area contributed by atoms with Crippen LogP contribution in [0.5, 0.6) is 0 Å². The quantitative estimate of drug-likeness (QED) is 0.494. The number of unbranched alkanes of at least 4 members (excludes halogenated alkanes) is 7. The predicted molar refractivity (Wildman–Crippen MR) is 79.7 cm³/mol. The maximum Gasteiger partial charge on any atom is 0.137 e. The molecule has 2 N–H and O–H groups in total. The summed E-state index contributed by atoms with van der Waals surface area (Å²) in [6, 6.07) is 0. The fourth-order valence-corrected chi connectivity index (χ4v) is 2.40. The van der Waals surface area contributed by atoms with E-state index in [2.05, 4.69) is 13.8 Å². The molecule has 18 heavy (non-hydrogen) atoms. The minimum atomic E-state index is 0.125. The zero-order valence-electron chi connectivity index (χ0n) is 12.5. The summed E-state index contributed by atoms with van der Waals surface area (Å²) >= 11 is 0. The van der Waals surface area contributed by atoms with Gasteiger partial charge in [0.15, 0.2) is 0 Å². The van der Waals surface area contributed by atoms with Gasteiger partial charge in [-0.2, -0.15) is 0 Å². The highest BCUT2D eigenvalue weighted by Gasteiger charge is 2.14. The molecule has 2 nitrogen and oxygen atoms in total. The minimum absolute atomic E-state index is 0.125. The number of hydrogen-bond donors (Lipinski definition) is 1. The zero-order chi connectivity index (χ0) is 13.6. The molecule has 0 saturated carbocycles. The first-order valence-electron chi connectivity index (χ1n) is 7.99. The maximum atomic E-state index is 11.9. The summed E-state index contributed by atoms with van der Waals surface area (Å²) in [5, 5.41) is 0. The topological polar surface area (TPSA) is 43.1 Å². The minimum Gasteiger partial charge on any atom is -0.330 e. The van der Waals surface area contributed by atoms with Crippen molar-refractivity contribution in [3.05, 3.63) is 0 Å². The van der Waals surface area contributed by atoms with Crippen molar-refractivity contribution in [3.8, 4) is 0 Å². The van der Waals surface area contributed by atoms with Crippen LogP contribution in [0.4, 0.5) is 0 Å². The summed E-state index contributed by atoms with van der Waals surface area (Å²) in [5.74, 6) is 0.518. The highest BCUT2D eigenvalue weighted by Crippen LogP contribution is 2.13. The summed E-state index contributed by atoms with van der Waals surface area (Å²) in [6.07, 6.45) is 13.1. The average Bonchev–Trinajstić information content (AvgIpc) is 2.38. The number of hydrogen-bond acceptors (Lipinski definition) is 2. The van der Waals surface area contributed by atoms with Crippen LogP contribution in [-0.2, 0) is 4.79 Å². The van der Waals surface area contributed by atoms with Gasteiger partial charge in [-0.15, -0.1) is 0 Å². The third-order valence-corrected chi connectivity index (χ3v) is 3.65. The van der Waals surface area contributed by atoms with Gasteiger partial charge < -0.3 is 5.73 Å². The van der Waals surface area contributed by atoms with E-state index in [-0.39, 0.29) is 5.92 Å². The molecule has 0 aliphatic rings. The Morgan fingerprint density at radius 3 is 1.94 bits per heavy atom. The monoisotopic (exact) mass is 255 g/mol. The van der Waals surface area contributed by atoms with Crippen LogP contribution in [0.15, 0.2) is 0 Å². The molecule has 0 saturated heterocycles. The fraction of sp³-hybridized carbons (Fsp3) is 0.938. The Balaban J connectivity index is 3.39. The van der Waals surface area contributed by atoms with Gasteiger partial charge in [-0.3, -0.25) is 4.79 Å². The largest absolute Gasteiger partial charge is 0.330 e. The molecule has 0 heterocycles. The van der Waals surface area contributed by atoms with Gasteiger partial charge in [0.2, 0.25) is 0 Å². The average molecular weight is 255 g/mol. The fourth-order valence-electron chi connectivity index (χ4n) is 2.40. The highest BCUT2D eigenvalue weighted by molar-refractivity contribution is 5.81. The molecule has 0 fully saturated rings. The Bertz CT molecular complexity index is 192. The van der Waals surface area contributed by atoms with Crippen LogP contribution in [-0.4, -0.2) is 12.3 Å². The highest BCUT2D eigenvalue weighted by atomic mass is 16.1. The second kappa shape index (κ2) is 13.1. The lowest BCUT2D eigenvalue weighted by Crippen LogP contribution is -2.23. The number of carbonyl (C=O) groups is 1. The lowest BCUT2D eigenvalue weighted by Gasteiger charge is -2.11. The molecule has 0 aliphatic carbocycles. The smallest absolute Gasteiger partial charge is 0.137 e. The van der Waals surface area contributed by atoms with E-state index in [4.69, 9.17) is 5.73 Å². The molecule has 0 aromatic heterocycles. The van der Waals surface area contributed by atoms with Crippen LogP contribution in [0.3, 0.4) is 0 Å². The molecule has 0 aromatic carbocycles. The van der Waals surface area contributed by atoms with Crippen LogP contribution in [0, 0.1) is 5.92 Å². The molecular weight excluding hydrogens is 222 g/mol. The predicted octanol–water partition coefficient (Wildman–Crippen LogP) is 4.46. The first-order valence-corrected chi connectivity index (χ1v) is 7.99. The van der Waals surface area contributed by atoms with Crippen LogP contribution >= 0.6 is 0 Å². The molecule has 1 unspecified atom stereocenters. The molecule has 0 amide bonds. The van der Waals surface area contributed by atoms with Crippen LogP contribution in [0.2, 0.25) is 0 Å². The van der Waals surface area contributed by atoms with Crippen molar-refractivity contribution in [2.45, 2.75) is 84.5 Å². The molecule has 0 radical (unpaired) electrons. The van der Waals surface area contributed by atoms with Gasteiger partial charge in [0.1, 0.15) is 5.78 Å². The first-order chi connectivity index (χ1) is 8.76. The van der Waals surface area contributed by atoms with E-state index in [1.54, 1.807) is 0 Å². The standard InChI is InChI=1S/C16H33NO/c1-3-5-6-7-8-9-10-11-13-16(18)15(14-17)12-4-2/h15H,3-14,17H2,1-2H3. The van der Waals surface area contributed by atoms with Crippen molar-refractivity contribution in [3.63, 3.8) is 0 Å². The lowest BCUT2D eigenvalue weighted by atomic mass is 9.94. The summed E-state index contributed by atoms with van der Waals surface area (Å²) in [5.41, 5.74) is 5.64. The maximum absolute atomic E-state index is 11.9. The number of rotatable bonds is 13. The van der Waals surface area contributed by atoms with Crippen molar-refractivity contribution < 1.29 is 4.79 Å². The number of Topliss-reactive ketones (excluding diaryl/α,β-unsaturated/α-hetero) is 1. The molecule has 0 rings (SSSR count). The normalized spacial score (nSPS) is 12.6. The van der Waals surface area contributed by atoms with Crippen LogP contribution in [0.1, 0.15) is 84.5 Å². The second-order valence-electron chi connectivity index (χ2n) is 5.41. The Morgan fingerprint density at radius 1 is 0.889 bits per heavy atom. The van der Waals surface area contributed by atoms with Crippen molar-refractivity contribution in [2.24, 2.45) is 11.7 Å². The molecular formula is C16H33NO. The molecule has 0 aromatic rings. The summed E-state index contributed by atoms with van der Waals surface area (Å²) in [6.45, 7) is 4.89. The second-order valence-corrected chi connectivity index (χ2v) is 5.41. The summed E-state index contributed by atoms with van der Waals surface area (Å²) in [4.78, 5) is 11.9. The molecule has 2 heteroatoms. The molecule has 0 spiro atoms. The third-order valence-electron chi connectivity index (χ3n) is 3.65. The van der Waals surface area contributed by atoms with Crippen molar-refractivity contribution in [2.75, 3.05) is 6.54 Å². The van der Waals surface area contributed by atoms with Gasteiger partial charge in [0.05, 0.1) is 0 Å². The van der Waals surface area contributed by atoms with Gasteiger partial charge in [-0.25, -0.2) is 0 Å². The third kappa shape index (κ3) is 9.64. The van der Waals surface area contributed by atoms with Gasteiger partial charge in [-0.05, 0) is 12.8 Å². The van der Waals surface area contributed by atoms with E-state index < -0.39 is 0 Å². The SMILES string of the molecule is CCCCCCCCCCC(=O)C(CN)CCC. The van der Waals surface area contributed by atoms with Crippen LogP contribution < -0.4 is 5.73 Å². The Labute approximate surface area is 114 Å². The van der Waals surface area contributed by atoms with Crippen LogP contribution in [0.25, 0.3) is 0 Å². The van der Waals surface area contributed by atoms with E-state index in [0.717, 1.165) is 25.7 Å². The molecule has 108 valence electrons. The lowest BCUT2D eigenvalue weighted by molar-refractivity contribution is -0.122.